The van der Waals surface area contributed by atoms with Gasteiger partial charge in [0.15, 0.2) is 0 Å². The van der Waals surface area contributed by atoms with Crippen molar-refractivity contribution in [2.75, 3.05) is 25.4 Å². The smallest absolute Gasteiger partial charge is 0.0936 e. The van der Waals surface area contributed by atoms with E-state index in [1.165, 1.54) is 0 Å². The molecule has 4 nitrogen and oxygen atoms in total. The van der Waals surface area contributed by atoms with E-state index in [2.05, 4.69) is 4.90 Å². The first-order valence-corrected chi connectivity index (χ1v) is 6.49. The number of benzene rings is 1. The molecule has 3 N–H and O–H groups in total. The van der Waals surface area contributed by atoms with Crippen LogP contribution in [0.2, 0.25) is 5.02 Å². The molecule has 0 bridgehead atoms. The Balaban J connectivity index is 2.04. The van der Waals surface area contributed by atoms with Gasteiger partial charge in [0.1, 0.15) is 0 Å². The van der Waals surface area contributed by atoms with Crippen molar-refractivity contribution < 1.29 is 9.84 Å². The second kappa shape index (κ2) is 5.89. The van der Waals surface area contributed by atoms with E-state index in [-0.39, 0.29) is 18.8 Å². The molecule has 1 aliphatic heterocycles. The van der Waals surface area contributed by atoms with Crippen LogP contribution in [0.3, 0.4) is 0 Å². The predicted molar refractivity (Wildman–Crippen MR) is 72.6 cm³/mol. The molecule has 2 rings (SSSR count). The quantitative estimate of drug-likeness (QED) is 0.818. The highest BCUT2D eigenvalue weighted by Gasteiger charge is 2.24. The molecule has 2 atom stereocenters. The van der Waals surface area contributed by atoms with Crippen molar-refractivity contribution in [2.24, 2.45) is 0 Å². The first-order chi connectivity index (χ1) is 8.58. The number of anilines is 1. The Morgan fingerprint density at radius 1 is 1.50 bits per heavy atom. The number of morpholine rings is 1. The second-order valence-corrected chi connectivity index (χ2v) is 5.20. The van der Waals surface area contributed by atoms with Crippen molar-refractivity contribution in [1.82, 2.24) is 4.90 Å². The van der Waals surface area contributed by atoms with E-state index in [4.69, 9.17) is 22.1 Å². The molecule has 1 heterocycles. The fourth-order valence-electron chi connectivity index (χ4n) is 2.30. The van der Waals surface area contributed by atoms with Crippen LogP contribution in [0.25, 0.3) is 0 Å². The van der Waals surface area contributed by atoms with Crippen LogP contribution in [0, 0.1) is 0 Å². The van der Waals surface area contributed by atoms with Crippen LogP contribution in [0.15, 0.2) is 18.2 Å². The molecule has 18 heavy (non-hydrogen) atoms. The lowest BCUT2D eigenvalue weighted by Crippen LogP contribution is -2.47. The zero-order valence-electron chi connectivity index (χ0n) is 10.5. The van der Waals surface area contributed by atoms with Crippen molar-refractivity contribution in [1.29, 1.82) is 0 Å². The van der Waals surface area contributed by atoms with Crippen LogP contribution >= 0.6 is 11.6 Å². The van der Waals surface area contributed by atoms with Crippen LogP contribution in [-0.4, -0.2) is 41.9 Å². The lowest BCUT2D eigenvalue weighted by Gasteiger charge is -2.36. The summed E-state index contributed by atoms with van der Waals surface area (Å²) in [5.41, 5.74) is 7.40. The summed E-state index contributed by atoms with van der Waals surface area (Å²) in [5, 5.41) is 9.88. The topological polar surface area (TPSA) is 58.7 Å². The number of nitrogens with zero attached hydrogens (tertiary/aromatic N) is 1. The average molecular weight is 271 g/mol. The Bertz CT molecular complexity index is 414. The molecule has 0 aromatic heterocycles. The monoisotopic (exact) mass is 270 g/mol. The molecule has 1 aromatic rings. The van der Waals surface area contributed by atoms with Gasteiger partial charge in [0, 0.05) is 30.3 Å². The van der Waals surface area contributed by atoms with Gasteiger partial charge in [-0.05, 0) is 24.6 Å². The summed E-state index contributed by atoms with van der Waals surface area (Å²) >= 11 is 6.17. The third-order valence-corrected chi connectivity index (χ3v) is 3.43. The molecule has 1 saturated heterocycles. The maximum atomic E-state index is 9.19. The minimum absolute atomic E-state index is 0.0519. The summed E-state index contributed by atoms with van der Waals surface area (Å²) in [6.07, 6.45) is 0.0183. The molecule has 1 fully saturated rings. The molecule has 0 radical (unpaired) electrons. The highest BCUT2D eigenvalue weighted by atomic mass is 35.5. The fraction of sp³-hybridized carbons (Fsp3) is 0.538. The van der Waals surface area contributed by atoms with Crippen LogP contribution in [0.1, 0.15) is 12.5 Å². The Labute approximate surface area is 112 Å². The van der Waals surface area contributed by atoms with Crippen LogP contribution in [-0.2, 0) is 11.3 Å². The number of halogens is 1. The minimum atomic E-state index is -0.110. The average Bonchev–Trinajstić information content (AvgIpc) is 2.32. The summed E-state index contributed by atoms with van der Waals surface area (Å²) in [5.74, 6) is 0. The van der Waals surface area contributed by atoms with Gasteiger partial charge in [0.05, 0.1) is 18.8 Å². The predicted octanol–water partition coefficient (Wildman–Crippen LogP) is 1.50. The maximum Gasteiger partial charge on any atom is 0.0936 e. The van der Waals surface area contributed by atoms with Crippen LogP contribution < -0.4 is 5.73 Å². The molecule has 5 heteroatoms. The van der Waals surface area contributed by atoms with Gasteiger partial charge in [0.25, 0.3) is 0 Å². The van der Waals surface area contributed by atoms with Gasteiger partial charge in [-0.3, -0.25) is 4.90 Å². The third kappa shape index (κ3) is 3.36. The van der Waals surface area contributed by atoms with E-state index >= 15 is 0 Å². The highest BCUT2D eigenvalue weighted by molar-refractivity contribution is 6.31. The Morgan fingerprint density at radius 3 is 2.94 bits per heavy atom. The minimum Gasteiger partial charge on any atom is -0.399 e. The number of rotatable bonds is 3. The summed E-state index contributed by atoms with van der Waals surface area (Å²) in [6, 6.07) is 5.57. The van der Waals surface area contributed by atoms with Gasteiger partial charge >= 0.3 is 0 Å². The molecular weight excluding hydrogens is 252 g/mol. The van der Waals surface area contributed by atoms with E-state index in [0.717, 1.165) is 25.2 Å². The number of nitrogen functional groups attached to an aromatic ring is 1. The number of ether oxygens (including phenoxy) is 1. The largest absolute Gasteiger partial charge is 0.399 e. The van der Waals surface area contributed by atoms with Gasteiger partial charge in [-0.25, -0.2) is 0 Å². The van der Waals surface area contributed by atoms with Gasteiger partial charge in [-0.2, -0.15) is 0 Å². The van der Waals surface area contributed by atoms with E-state index in [1.807, 2.05) is 19.1 Å². The summed E-state index contributed by atoms with van der Waals surface area (Å²) in [6.45, 7) is 4.39. The molecule has 0 saturated carbocycles. The molecule has 0 amide bonds. The highest BCUT2D eigenvalue weighted by Crippen LogP contribution is 2.22. The first kappa shape index (κ1) is 13.6. The fourth-order valence-corrected chi connectivity index (χ4v) is 2.55. The van der Waals surface area contributed by atoms with Gasteiger partial charge < -0.3 is 15.6 Å². The van der Waals surface area contributed by atoms with E-state index in [0.29, 0.717) is 10.7 Å². The molecule has 100 valence electrons. The molecule has 2 unspecified atom stereocenters. The maximum absolute atomic E-state index is 9.19. The van der Waals surface area contributed by atoms with E-state index in [1.54, 1.807) is 6.07 Å². The normalized spacial score (nSPS) is 25.3. The van der Waals surface area contributed by atoms with Crippen molar-refractivity contribution in [2.45, 2.75) is 25.7 Å². The number of hydrogen-bond donors (Lipinski definition) is 2. The second-order valence-electron chi connectivity index (χ2n) is 4.80. The van der Waals surface area contributed by atoms with Gasteiger partial charge in [-0.1, -0.05) is 17.7 Å². The first-order valence-electron chi connectivity index (χ1n) is 6.11. The van der Waals surface area contributed by atoms with E-state index < -0.39 is 0 Å². The standard InChI is InChI=1S/C13H19ClN2O2/c1-9-5-16(7-12(8-17)18-9)6-10-2-3-11(15)4-13(10)14/h2-4,9,12,17H,5-8,15H2,1H3. The molecule has 0 aliphatic carbocycles. The Kier molecular flexibility index (Phi) is 4.45. The molecule has 1 aliphatic rings. The SMILES string of the molecule is CC1CN(Cc2ccc(N)cc2Cl)CC(CO)O1. The zero-order chi connectivity index (χ0) is 13.1. The number of hydrogen-bond acceptors (Lipinski definition) is 4. The Morgan fingerprint density at radius 2 is 2.28 bits per heavy atom. The van der Waals surface area contributed by atoms with Crippen molar-refractivity contribution in [3.63, 3.8) is 0 Å². The lowest BCUT2D eigenvalue weighted by molar-refractivity contribution is -0.0972. The molecular formula is C13H19ClN2O2. The van der Waals surface area contributed by atoms with Crippen molar-refractivity contribution >= 4 is 17.3 Å². The third-order valence-electron chi connectivity index (χ3n) is 3.08. The molecule has 0 spiro atoms. The van der Waals surface area contributed by atoms with Crippen LogP contribution in [0.4, 0.5) is 5.69 Å². The van der Waals surface area contributed by atoms with Crippen LogP contribution in [0.5, 0.6) is 0 Å². The number of aliphatic hydroxyl groups is 1. The number of nitrogens with two attached hydrogens (primary N) is 1. The summed E-state index contributed by atoms with van der Waals surface area (Å²) in [4.78, 5) is 2.24. The van der Waals surface area contributed by atoms with Crippen molar-refractivity contribution in [3.05, 3.63) is 28.8 Å². The Hall–Kier alpha value is -0.810. The van der Waals surface area contributed by atoms with Crippen molar-refractivity contribution in [3.8, 4) is 0 Å². The number of aliphatic hydroxyl groups excluding tert-OH is 1. The summed E-state index contributed by atoms with van der Waals surface area (Å²) in [7, 11) is 0. The van der Waals surface area contributed by atoms with E-state index in [9.17, 15) is 5.11 Å². The van der Waals surface area contributed by atoms with Gasteiger partial charge in [0.2, 0.25) is 0 Å². The molecule has 1 aromatic carbocycles. The van der Waals surface area contributed by atoms with Gasteiger partial charge in [-0.15, -0.1) is 0 Å². The lowest BCUT2D eigenvalue weighted by atomic mass is 10.1. The summed E-state index contributed by atoms with van der Waals surface area (Å²) < 4.78 is 5.61. The zero-order valence-corrected chi connectivity index (χ0v) is 11.2.